The van der Waals surface area contributed by atoms with Crippen LogP contribution in [0.2, 0.25) is 0 Å². The van der Waals surface area contributed by atoms with E-state index in [4.69, 9.17) is 9.47 Å². The zero-order chi connectivity index (χ0) is 47.7. The van der Waals surface area contributed by atoms with Crippen LogP contribution in [0.1, 0.15) is 258 Å². The third-order valence-electron chi connectivity index (χ3n) is 11.9. The largest absolute Gasteiger partial charge is 0.462 e. The van der Waals surface area contributed by atoms with Crippen LogP contribution in [-0.2, 0) is 19.1 Å². The number of aliphatic hydroxyl groups excluding tert-OH is 1. The molecule has 1 atom stereocenters. The molecule has 0 saturated carbocycles. The topological polar surface area (TPSA) is 72.8 Å². The van der Waals surface area contributed by atoms with Gasteiger partial charge in [0.2, 0.25) is 0 Å². The van der Waals surface area contributed by atoms with Crippen LogP contribution < -0.4 is 0 Å². The maximum Gasteiger partial charge on any atom is 0.306 e. The number of hydrogen-bond acceptors (Lipinski definition) is 5. The zero-order valence-corrected chi connectivity index (χ0v) is 43.2. The zero-order valence-electron chi connectivity index (χ0n) is 43.2. The summed E-state index contributed by atoms with van der Waals surface area (Å²) in [6.07, 6.45) is 79.4. The Kier molecular flexibility index (Phi) is 53.4. The van der Waals surface area contributed by atoms with E-state index in [0.29, 0.717) is 12.8 Å². The molecule has 1 unspecified atom stereocenters. The molecule has 0 radical (unpaired) electrons. The first-order chi connectivity index (χ1) is 32.6. The minimum absolute atomic E-state index is 0.0735. The van der Waals surface area contributed by atoms with E-state index in [-0.39, 0.29) is 25.2 Å². The van der Waals surface area contributed by atoms with Crippen molar-refractivity contribution in [3.8, 4) is 0 Å². The molecule has 0 heterocycles. The Morgan fingerprint density at radius 3 is 0.985 bits per heavy atom. The number of ether oxygens (including phenoxy) is 2. The van der Waals surface area contributed by atoms with Crippen molar-refractivity contribution < 1.29 is 24.2 Å². The number of aliphatic hydroxyl groups is 1. The summed E-state index contributed by atoms with van der Waals surface area (Å²) < 4.78 is 10.7. The highest BCUT2D eigenvalue weighted by molar-refractivity contribution is 5.70. The van der Waals surface area contributed by atoms with Crippen molar-refractivity contribution in [1.29, 1.82) is 0 Å². The normalized spacial score (nSPS) is 13.0. The van der Waals surface area contributed by atoms with Crippen LogP contribution in [0.3, 0.4) is 0 Å². The minimum atomic E-state index is -0.783. The molecule has 66 heavy (non-hydrogen) atoms. The molecule has 0 aliphatic rings. The number of hydrogen-bond donors (Lipinski definition) is 1. The average Bonchev–Trinajstić information content (AvgIpc) is 3.32. The van der Waals surface area contributed by atoms with Crippen LogP contribution in [0, 0.1) is 0 Å². The summed E-state index contributed by atoms with van der Waals surface area (Å²) in [5.74, 6) is -0.600. The summed E-state index contributed by atoms with van der Waals surface area (Å²) in [5, 5.41) is 9.65. The van der Waals surface area contributed by atoms with E-state index in [1.807, 2.05) is 0 Å². The molecule has 0 aliphatic carbocycles. The lowest BCUT2D eigenvalue weighted by molar-refractivity contribution is -0.161. The molecule has 0 amide bonds. The first kappa shape index (κ1) is 62.8. The second kappa shape index (κ2) is 56.1. The molecule has 378 valence electrons. The summed E-state index contributed by atoms with van der Waals surface area (Å²) in [7, 11) is 0. The fourth-order valence-electron chi connectivity index (χ4n) is 7.71. The molecule has 0 aromatic rings. The lowest BCUT2D eigenvalue weighted by atomic mass is 10.0. The van der Waals surface area contributed by atoms with Crippen LogP contribution in [0.4, 0.5) is 0 Å². The van der Waals surface area contributed by atoms with E-state index in [1.54, 1.807) is 0 Å². The monoisotopic (exact) mass is 917 g/mol. The Morgan fingerprint density at radius 2 is 0.652 bits per heavy atom. The number of rotatable bonds is 50. The molecule has 0 bridgehead atoms. The fraction of sp³-hybridized carbons (Fsp3) is 0.705. The minimum Gasteiger partial charge on any atom is -0.462 e. The Hall–Kier alpha value is -3.18. The molecule has 5 nitrogen and oxygen atoms in total. The van der Waals surface area contributed by atoms with Gasteiger partial charge in [-0.3, -0.25) is 9.59 Å². The third kappa shape index (κ3) is 53.4. The van der Waals surface area contributed by atoms with E-state index in [0.717, 1.165) is 89.9 Å². The summed E-state index contributed by atoms with van der Waals surface area (Å²) in [6, 6.07) is 0. The molecule has 0 spiro atoms. The summed E-state index contributed by atoms with van der Waals surface area (Å²) in [4.78, 5) is 24.5. The lowest BCUT2D eigenvalue weighted by Gasteiger charge is -2.15. The van der Waals surface area contributed by atoms with Gasteiger partial charge in [0.1, 0.15) is 6.61 Å². The maximum atomic E-state index is 12.3. The standard InChI is InChI=1S/C61H104O5/c1-3-5-7-9-11-13-15-17-19-21-23-25-27-29-30-32-34-36-38-40-42-44-46-48-50-52-54-56-61(64)66-59(57-62)58-65-60(63)55-53-51-49-47-45-43-41-39-37-35-33-31-28-26-24-22-20-18-16-14-12-10-8-6-4-2/h5,7,11,13,16-19,22-25,29-30,34,36,59,62H,3-4,6,8-10,12,14-15,20-21,26-28,31-33,35,37-58H2,1-2H3/b7-5-,13-11-,18-16-,19-17-,24-22-,25-23-,30-29-,36-34-. The molecule has 0 aliphatic heterocycles. The molecule has 0 saturated heterocycles. The fourth-order valence-corrected chi connectivity index (χ4v) is 7.71. The number of allylic oxidation sites excluding steroid dienone is 16. The van der Waals surface area contributed by atoms with Crippen molar-refractivity contribution in [1.82, 2.24) is 0 Å². The first-order valence-corrected chi connectivity index (χ1v) is 27.8. The quantitative estimate of drug-likeness (QED) is 0.0374. The molecule has 5 heteroatoms. The second-order valence-corrected chi connectivity index (χ2v) is 18.3. The summed E-state index contributed by atoms with van der Waals surface area (Å²) >= 11 is 0. The predicted molar refractivity (Wildman–Crippen MR) is 288 cm³/mol. The van der Waals surface area contributed by atoms with Gasteiger partial charge in [-0.1, -0.05) is 246 Å². The molecule has 0 rings (SSSR count). The van der Waals surface area contributed by atoms with Gasteiger partial charge in [0.05, 0.1) is 6.61 Å². The van der Waals surface area contributed by atoms with Gasteiger partial charge >= 0.3 is 11.9 Å². The number of esters is 2. The SMILES string of the molecule is CC/C=C\C/C=C\C/C=C\C/C=C\C/C=C\C/C=C\CCCCCCCCCCC(=O)OC(CO)COC(=O)CCCCCCCCCCCCCCC/C=C\C/C=C\CCCCCCC. The summed E-state index contributed by atoms with van der Waals surface area (Å²) in [6.45, 7) is 4.02. The number of carbonyl (C=O) groups excluding carboxylic acids is 2. The van der Waals surface area contributed by atoms with Crippen molar-refractivity contribution in [2.45, 2.75) is 264 Å². The van der Waals surface area contributed by atoms with Gasteiger partial charge < -0.3 is 14.6 Å². The van der Waals surface area contributed by atoms with Crippen LogP contribution in [0.15, 0.2) is 97.2 Å². The van der Waals surface area contributed by atoms with Gasteiger partial charge in [-0.25, -0.2) is 0 Å². The van der Waals surface area contributed by atoms with E-state index in [2.05, 4.69) is 111 Å². The number of unbranched alkanes of at least 4 members (excludes halogenated alkanes) is 26. The maximum absolute atomic E-state index is 12.3. The average molecular weight is 917 g/mol. The predicted octanol–water partition coefficient (Wildman–Crippen LogP) is 18.7. The molecule has 1 N–H and O–H groups in total. The lowest BCUT2D eigenvalue weighted by Crippen LogP contribution is -2.28. The Bertz CT molecular complexity index is 1270. The smallest absolute Gasteiger partial charge is 0.306 e. The van der Waals surface area contributed by atoms with Gasteiger partial charge in [-0.15, -0.1) is 0 Å². The van der Waals surface area contributed by atoms with Crippen molar-refractivity contribution in [2.75, 3.05) is 13.2 Å². The Labute approximate surface area is 408 Å². The van der Waals surface area contributed by atoms with Crippen LogP contribution in [-0.4, -0.2) is 36.4 Å². The van der Waals surface area contributed by atoms with E-state index < -0.39 is 6.10 Å². The van der Waals surface area contributed by atoms with Crippen molar-refractivity contribution in [2.24, 2.45) is 0 Å². The van der Waals surface area contributed by atoms with E-state index in [1.165, 1.54) is 141 Å². The van der Waals surface area contributed by atoms with Gasteiger partial charge in [0.25, 0.3) is 0 Å². The Morgan fingerprint density at radius 1 is 0.364 bits per heavy atom. The Balaban J connectivity index is 3.54. The van der Waals surface area contributed by atoms with Gasteiger partial charge in [-0.05, 0) is 96.3 Å². The molecule has 0 aromatic heterocycles. The van der Waals surface area contributed by atoms with Crippen LogP contribution in [0.25, 0.3) is 0 Å². The highest BCUT2D eigenvalue weighted by atomic mass is 16.6. The van der Waals surface area contributed by atoms with Gasteiger partial charge in [0.15, 0.2) is 6.10 Å². The highest BCUT2D eigenvalue weighted by Gasteiger charge is 2.16. The van der Waals surface area contributed by atoms with Gasteiger partial charge in [0, 0.05) is 12.8 Å². The molecule has 0 fully saturated rings. The van der Waals surface area contributed by atoms with E-state index >= 15 is 0 Å². The van der Waals surface area contributed by atoms with Crippen molar-refractivity contribution in [3.05, 3.63) is 97.2 Å². The van der Waals surface area contributed by atoms with Gasteiger partial charge in [-0.2, -0.15) is 0 Å². The highest BCUT2D eigenvalue weighted by Crippen LogP contribution is 2.15. The van der Waals surface area contributed by atoms with E-state index in [9.17, 15) is 14.7 Å². The second-order valence-electron chi connectivity index (χ2n) is 18.3. The molecule has 0 aromatic carbocycles. The van der Waals surface area contributed by atoms with Crippen molar-refractivity contribution in [3.63, 3.8) is 0 Å². The molecular formula is C61H104O5. The van der Waals surface area contributed by atoms with Crippen molar-refractivity contribution >= 4 is 11.9 Å². The first-order valence-electron chi connectivity index (χ1n) is 27.8. The summed E-state index contributed by atoms with van der Waals surface area (Å²) in [5.41, 5.74) is 0. The van der Waals surface area contributed by atoms with Crippen LogP contribution >= 0.6 is 0 Å². The van der Waals surface area contributed by atoms with Crippen LogP contribution in [0.5, 0.6) is 0 Å². The third-order valence-corrected chi connectivity index (χ3v) is 11.9. The number of carbonyl (C=O) groups is 2. The molecular weight excluding hydrogens is 813 g/mol.